The van der Waals surface area contributed by atoms with Crippen molar-refractivity contribution in [2.24, 2.45) is 0 Å². The Balaban J connectivity index is 2.16. The van der Waals surface area contributed by atoms with Crippen LogP contribution in [-0.4, -0.2) is 28.8 Å². The van der Waals surface area contributed by atoms with Gasteiger partial charge in [-0.3, -0.25) is 4.79 Å². The number of hydrogen-bond acceptors (Lipinski definition) is 3. The number of thioether (sulfide) groups is 1. The van der Waals surface area contributed by atoms with E-state index in [0.717, 1.165) is 30.7 Å². The van der Waals surface area contributed by atoms with Crippen LogP contribution in [0, 0.1) is 0 Å². The Hall–Kier alpha value is -1.01. The molecule has 1 amide bonds. The van der Waals surface area contributed by atoms with Gasteiger partial charge in [0.2, 0.25) is 5.91 Å². The van der Waals surface area contributed by atoms with Crippen molar-refractivity contribution in [2.45, 2.75) is 29.4 Å². The Kier molecular flexibility index (Phi) is 4.87. The molecule has 0 radical (unpaired) electrons. The molecule has 102 valence electrons. The van der Waals surface area contributed by atoms with Crippen LogP contribution in [0.1, 0.15) is 29.6 Å². The first-order chi connectivity index (χ1) is 9.08. The molecule has 1 aliphatic heterocycles. The van der Waals surface area contributed by atoms with Crippen molar-refractivity contribution in [3.8, 4) is 0 Å². The van der Waals surface area contributed by atoms with Crippen molar-refractivity contribution >= 4 is 39.6 Å². The standard InChI is InChI=1S/C13H14BrNO3S/c14-10-5-4-8(7-9(10)13(17)18)19-11-3-1-2-6-15-12(11)16/h4-5,7,11H,1-3,6H2,(H,15,16)(H,17,18). The van der Waals surface area contributed by atoms with E-state index >= 15 is 0 Å². The van der Waals surface area contributed by atoms with Gasteiger partial charge in [-0.15, -0.1) is 11.8 Å². The Labute approximate surface area is 124 Å². The predicted octanol–water partition coefficient (Wildman–Crippen LogP) is 2.91. The van der Waals surface area contributed by atoms with Crippen LogP contribution < -0.4 is 5.32 Å². The minimum Gasteiger partial charge on any atom is -0.478 e. The monoisotopic (exact) mass is 343 g/mol. The predicted molar refractivity (Wildman–Crippen MR) is 77.6 cm³/mol. The molecule has 1 aromatic rings. The number of carbonyl (C=O) groups is 2. The summed E-state index contributed by atoms with van der Waals surface area (Å²) in [5, 5.41) is 11.8. The number of carbonyl (C=O) groups excluding carboxylic acids is 1. The first kappa shape index (κ1) is 14.4. The molecule has 0 bridgehead atoms. The van der Waals surface area contributed by atoms with Crippen LogP contribution in [0.5, 0.6) is 0 Å². The van der Waals surface area contributed by atoms with Crippen molar-refractivity contribution in [2.75, 3.05) is 6.54 Å². The largest absolute Gasteiger partial charge is 0.478 e. The van der Waals surface area contributed by atoms with Crippen LogP contribution in [0.3, 0.4) is 0 Å². The first-order valence-corrected chi connectivity index (χ1v) is 7.72. The van der Waals surface area contributed by atoms with Gasteiger partial charge in [-0.2, -0.15) is 0 Å². The molecule has 1 aromatic carbocycles. The number of benzene rings is 1. The zero-order chi connectivity index (χ0) is 13.8. The number of hydrogen-bond donors (Lipinski definition) is 2. The fourth-order valence-electron chi connectivity index (χ4n) is 1.93. The number of halogens is 1. The summed E-state index contributed by atoms with van der Waals surface area (Å²) in [5.41, 5.74) is 0.221. The second kappa shape index (κ2) is 6.43. The van der Waals surface area contributed by atoms with E-state index in [9.17, 15) is 9.59 Å². The van der Waals surface area contributed by atoms with Gasteiger partial charge in [-0.25, -0.2) is 4.79 Å². The van der Waals surface area contributed by atoms with Gasteiger partial charge >= 0.3 is 5.97 Å². The Morgan fingerprint density at radius 2 is 2.21 bits per heavy atom. The fourth-order valence-corrected chi connectivity index (χ4v) is 3.48. The summed E-state index contributed by atoms with van der Waals surface area (Å²) < 4.78 is 0.551. The second-order valence-electron chi connectivity index (χ2n) is 4.34. The molecule has 0 aliphatic carbocycles. The third-order valence-corrected chi connectivity index (χ3v) is 4.88. The minimum absolute atomic E-state index is 0.0438. The molecular formula is C13H14BrNO3S. The smallest absolute Gasteiger partial charge is 0.336 e. The van der Waals surface area contributed by atoms with E-state index in [4.69, 9.17) is 5.11 Å². The summed E-state index contributed by atoms with van der Waals surface area (Å²) in [7, 11) is 0. The molecule has 0 saturated carbocycles. The highest BCUT2D eigenvalue weighted by Gasteiger charge is 2.22. The van der Waals surface area contributed by atoms with E-state index in [1.165, 1.54) is 11.8 Å². The van der Waals surface area contributed by atoms with Gasteiger partial charge in [0.15, 0.2) is 0 Å². The first-order valence-electron chi connectivity index (χ1n) is 6.05. The maximum Gasteiger partial charge on any atom is 0.336 e. The quantitative estimate of drug-likeness (QED) is 0.885. The van der Waals surface area contributed by atoms with E-state index < -0.39 is 5.97 Å². The number of nitrogens with one attached hydrogen (secondary N) is 1. The van der Waals surface area contributed by atoms with E-state index in [0.29, 0.717) is 4.47 Å². The Morgan fingerprint density at radius 1 is 1.42 bits per heavy atom. The van der Waals surface area contributed by atoms with Gasteiger partial charge in [-0.1, -0.05) is 6.42 Å². The highest BCUT2D eigenvalue weighted by molar-refractivity contribution is 9.10. The number of aromatic carboxylic acids is 1. The van der Waals surface area contributed by atoms with Crippen LogP contribution in [-0.2, 0) is 4.79 Å². The Morgan fingerprint density at radius 3 is 2.95 bits per heavy atom. The molecular weight excluding hydrogens is 330 g/mol. The molecule has 2 rings (SSSR count). The summed E-state index contributed by atoms with van der Waals surface area (Å²) >= 11 is 4.64. The molecule has 1 heterocycles. The van der Waals surface area contributed by atoms with Crippen molar-refractivity contribution in [3.05, 3.63) is 28.2 Å². The summed E-state index contributed by atoms with van der Waals surface area (Å²) in [5.74, 6) is -0.929. The second-order valence-corrected chi connectivity index (χ2v) is 6.47. The van der Waals surface area contributed by atoms with Crippen LogP contribution in [0.25, 0.3) is 0 Å². The summed E-state index contributed by atoms with van der Waals surface area (Å²) in [6.45, 7) is 0.733. The van der Waals surface area contributed by atoms with Gasteiger partial charge in [0.05, 0.1) is 10.8 Å². The van der Waals surface area contributed by atoms with Gasteiger partial charge in [-0.05, 0) is 47.0 Å². The van der Waals surface area contributed by atoms with Gasteiger partial charge in [0.25, 0.3) is 0 Å². The van der Waals surface area contributed by atoms with E-state index in [1.807, 2.05) is 6.07 Å². The van der Waals surface area contributed by atoms with Crippen molar-refractivity contribution in [3.63, 3.8) is 0 Å². The van der Waals surface area contributed by atoms with Crippen molar-refractivity contribution in [1.29, 1.82) is 0 Å². The molecule has 1 atom stereocenters. The highest BCUT2D eigenvalue weighted by atomic mass is 79.9. The average molecular weight is 344 g/mol. The molecule has 0 aromatic heterocycles. The van der Waals surface area contributed by atoms with E-state index in [2.05, 4.69) is 21.2 Å². The summed E-state index contributed by atoms with van der Waals surface area (Å²) in [4.78, 5) is 23.7. The molecule has 19 heavy (non-hydrogen) atoms. The van der Waals surface area contributed by atoms with Gasteiger partial charge < -0.3 is 10.4 Å². The lowest BCUT2D eigenvalue weighted by atomic mass is 10.2. The lowest BCUT2D eigenvalue weighted by Crippen LogP contribution is -2.30. The van der Waals surface area contributed by atoms with Crippen LogP contribution in [0.4, 0.5) is 0 Å². The molecule has 4 nitrogen and oxygen atoms in total. The van der Waals surface area contributed by atoms with Crippen molar-refractivity contribution in [1.82, 2.24) is 5.32 Å². The normalized spacial score (nSPS) is 19.6. The summed E-state index contributed by atoms with van der Waals surface area (Å²) in [6, 6.07) is 5.15. The zero-order valence-electron chi connectivity index (χ0n) is 10.2. The molecule has 1 fully saturated rings. The molecule has 1 unspecified atom stereocenters. The third kappa shape index (κ3) is 3.73. The fraction of sp³-hybridized carbons (Fsp3) is 0.385. The van der Waals surface area contributed by atoms with Crippen LogP contribution >= 0.6 is 27.7 Å². The molecule has 1 saturated heterocycles. The number of carboxylic acid groups (broad SMARTS) is 1. The van der Waals surface area contributed by atoms with Crippen molar-refractivity contribution < 1.29 is 14.7 Å². The molecule has 0 spiro atoms. The SMILES string of the molecule is O=C(O)c1cc(SC2CCCCNC2=O)ccc1Br. The van der Waals surface area contributed by atoms with Crippen LogP contribution in [0.15, 0.2) is 27.6 Å². The van der Waals surface area contributed by atoms with Crippen LogP contribution in [0.2, 0.25) is 0 Å². The number of amides is 1. The maximum absolute atomic E-state index is 11.8. The number of carboxylic acids is 1. The Bertz CT molecular complexity index is 507. The number of rotatable bonds is 3. The van der Waals surface area contributed by atoms with Gasteiger partial charge in [0.1, 0.15) is 0 Å². The van der Waals surface area contributed by atoms with E-state index in [-0.39, 0.29) is 16.7 Å². The third-order valence-electron chi connectivity index (χ3n) is 2.93. The highest BCUT2D eigenvalue weighted by Crippen LogP contribution is 2.30. The topological polar surface area (TPSA) is 66.4 Å². The molecule has 1 aliphatic rings. The zero-order valence-corrected chi connectivity index (χ0v) is 12.6. The van der Waals surface area contributed by atoms with Gasteiger partial charge in [0, 0.05) is 15.9 Å². The minimum atomic E-state index is -0.973. The molecule has 2 N–H and O–H groups in total. The molecule has 6 heteroatoms. The maximum atomic E-state index is 11.8. The summed E-state index contributed by atoms with van der Waals surface area (Å²) in [6.07, 6.45) is 2.84. The van der Waals surface area contributed by atoms with E-state index in [1.54, 1.807) is 12.1 Å². The average Bonchev–Trinajstić information content (AvgIpc) is 2.57. The lowest BCUT2D eigenvalue weighted by molar-refractivity contribution is -0.120. The lowest BCUT2D eigenvalue weighted by Gasteiger charge is -2.13.